The quantitative estimate of drug-likeness (QED) is 0.528. The molecule has 0 spiro atoms. The van der Waals surface area contributed by atoms with Crippen molar-refractivity contribution >= 4 is 5.97 Å². The first-order valence-electron chi connectivity index (χ1n) is 3.62. The molecule has 0 aliphatic carbocycles. The zero-order chi connectivity index (χ0) is 10.4. The molecule has 0 saturated carbocycles. The number of aryl methyl sites for hydroxylation is 2. The van der Waals surface area contributed by atoms with E-state index in [9.17, 15) is 4.79 Å². The SMILES string of the molecule is Cc1ccc(C(=O)O)c(C)c1.[C-]#[O+]. The number of carboxylic acid groups (broad SMARTS) is 1. The molecular weight excluding hydrogens is 168 g/mol. The van der Waals surface area contributed by atoms with Gasteiger partial charge in [0.05, 0.1) is 5.56 Å². The predicted octanol–water partition coefficient (Wildman–Crippen LogP) is 1.96. The van der Waals surface area contributed by atoms with Crippen LogP contribution in [0.1, 0.15) is 21.5 Å². The second-order valence-corrected chi connectivity index (χ2v) is 2.62. The van der Waals surface area contributed by atoms with E-state index in [1.165, 1.54) is 0 Å². The van der Waals surface area contributed by atoms with Crippen molar-refractivity contribution in [2.24, 2.45) is 0 Å². The minimum atomic E-state index is -0.859. The average molecular weight is 178 g/mol. The van der Waals surface area contributed by atoms with Crippen LogP contribution in [0.3, 0.4) is 0 Å². The van der Waals surface area contributed by atoms with E-state index in [1.807, 2.05) is 13.0 Å². The molecule has 0 aliphatic heterocycles. The Kier molecular flexibility index (Phi) is 4.52. The van der Waals surface area contributed by atoms with Gasteiger partial charge in [0, 0.05) is 0 Å². The minimum absolute atomic E-state index is 0.385. The first-order valence-corrected chi connectivity index (χ1v) is 3.62. The van der Waals surface area contributed by atoms with Crippen molar-refractivity contribution in [2.75, 3.05) is 0 Å². The van der Waals surface area contributed by atoms with Crippen LogP contribution in [0.4, 0.5) is 0 Å². The first-order chi connectivity index (χ1) is 6.11. The third-order valence-electron chi connectivity index (χ3n) is 1.61. The fourth-order valence-corrected chi connectivity index (χ4v) is 1.05. The molecule has 0 radical (unpaired) electrons. The Labute approximate surface area is 76.7 Å². The number of carboxylic acids is 1. The predicted molar refractivity (Wildman–Crippen MR) is 46.8 cm³/mol. The number of rotatable bonds is 1. The molecule has 0 aliphatic rings. The maximum atomic E-state index is 10.5. The van der Waals surface area contributed by atoms with Gasteiger partial charge >= 0.3 is 17.3 Å². The molecule has 0 fully saturated rings. The van der Waals surface area contributed by atoms with Gasteiger partial charge in [-0.2, -0.15) is 0 Å². The van der Waals surface area contributed by atoms with Crippen LogP contribution in [-0.2, 0) is 4.65 Å². The summed E-state index contributed by atoms with van der Waals surface area (Å²) in [5, 5.41) is 8.66. The van der Waals surface area contributed by atoms with E-state index in [1.54, 1.807) is 19.1 Å². The molecule has 0 bridgehead atoms. The molecule has 0 saturated heterocycles. The summed E-state index contributed by atoms with van der Waals surface area (Å²) in [6, 6.07) is 5.30. The molecule has 0 aromatic heterocycles. The number of hydrogen-bond donors (Lipinski definition) is 1. The van der Waals surface area contributed by atoms with Crippen LogP contribution < -0.4 is 0 Å². The molecule has 1 rings (SSSR count). The summed E-state index contributed by atoms with van der Waals surface area (Å²) in [7, 11) is 0. The van der Waals surface area contributed by atoms with Crippen molar-refractivity contribution in [1.82, 2.24) is 0 Å². The summed E-state index contributed by atoms with van der Waals surface area (Å²) in [5.41, 5.74) is 2.29. The monoisotopic (exact) mass is 178 g/mol. The van der Waals surface area contributed by atoms with Crippen LogP contribution in [0.5, 0.6) is 0 Å². The van der Waals surface area contributed by atoms with Gasteiger partial charge in [-0.15, -0.1) is 0 Å². The number of aromatic carboxylic acids is 1. The third kappa shape index (κ3) is 3.11. The Morgan fingerprint density at radius 1 is 1.38 bits per heavy atom. The first kappa shape index (κ1) is 11.4. The summed E-state index contributed by atoms with van der Waals surface area (Å²) in [5.74, 6) is -0.859. The van der Waals surface area contributed by atoms with Gasteiger partial charge in [0.2, 0.25) is 0 Å². The fourth-order valence-electron chi connectivity index (χ4n) is 1.05. The van der Waals surface area contributed by atoms with Crippen molar-refractivity contribution in [3.05, 3.63) is 41.5 Å². The Bertz CT molecular complexity index is 326. The molecule has 3 heteroatoms. The Balaban J connectivity index is 0.000000671. The molecule has 13 heavy (non-hydrogen) atoms. The third-order valence-corrected chi connectivity index (χ3v) is 1.61. The fraction of sp³-hybridized carbons (Fsp3) is 0.200. The molecule has 0 unspecified atom stereocenters. The van der Waals surface area contributed by atoms with Crippen LogP contribution in [0, 0.1) is 20.5 Å². The summed E-state index contributed by atoms with van der Waals surface area (Å²) in [4.78, 5) is 10.5. The van der Waals surface area contributed by atoms with Gasteiger partial charge in [0.25, 0.3) is 0 Å². The van der Waals surface area contributed by atoms with Crippen molar-refractivity contribution in [2.45, 2.75) is 13.8 Å². The van der Waals surface area contributed by atoms with Gasteiger partial charge < -0.3 is 5.11 Å². The van der Waals surface area contributed by atoms with Gasteiger partial charge in [0.1, 0.15) is 0 Å². The molecular formula is C10H10O3. The maximum absolute atomic E-state index is 10.5. The standard InChI is InChI=1S/C9H10O2.CO/c1-6-3-4-8(9(10)11)7(2)5-6;1-2/h3-5H,1-2H3,(H,10,11);. The van der Waals surface area contributed by atoms with E-state index >= 15 is 0 Å². The van der Waals surface area contributed by atoms with E-state index in [-0.39, 0.29) is 0 Å². The topological polar surface area (TPSA) is 57.2 Å². The number of hydrogen-bond acceptors (Lipinski definition) is 1. The average Bonchev–Trinajstić information content (AvgIpc) is 2.07. The molecule has 0 atom stereocenters. The van der Waals surface area contributed by atoms with E-state index in [0.29, 0.717) is 5.56 Å². The van der Waals surface area contributed by atoms with Crippen LogP contribution in [-0.4, -0.2) is 11.1 Å². The molecule has 1 N–H and O–H groups in total. The number of benzene rings is 1. The van der Waals surface area contributed by atoms with E-state index < -0.39 is 5.97 Å². The van der Waals surface area contributed by atoms with E-state index in [2.05, 4.69) is 6.65 Å². The van der Waals surface area contributed by atoms with Crippen LogP contribution in [0.2, 0.25) is 0 Å². The molecule has 68 valence electrons. The zero-order valence-corrected chi connectivity index (χ0v) is 7.50. The number of carbonyl (C=O) groups is 1. The summed E-state index contributed by atoms with van der Waals surface area (Å²) >= 11 is 0. The Morgan fingerprint density at radius 3 is 2.31 bits per heavy atom. The second-order valence-electron chi connectivity index (χ2n) is 2.62. The zero-order valence-electron chi connectivity index (χ0n) is 7.50. The van der Waals surface area contributed by atoms with Crippen molar-refractivity contribution in [3.63, 3.8) is 0 Å². The van der Waals surface area contributed by atoms with E-state index in [0.717, 1.165) is 11.1 Å². The van der Waals surface area contributed by atoms with Gasteiger partial charge in [-0.05, 0) is 25.5 Å². The second kappa shape index (κ2) is 5.14. The van der Waals surface area contributed by atoms with Gasteiger partial charge in [0.15, 0.2) is 0 Å². The normalized spacial score (nSPS) is 8.31. The van der Waals surface area contributed by atoms with Crippen LogP contribution in [0.25, 0.3) is 0 Å². The van der Waals surface area contributed by atoms with Crippen molar-refractivity contribution in [3.8, 4) is 0 Å². The molecule has 0 amide bonds. The molecule has 0 heterocycles. The molecule has 1 aromatic carbocycles. The molecule has 1 aromatic rings. The Hall–Kier alpha value is -1.57. The summed E-state index contributed by atoms with van der Waals surface area (Å²) < 4.78 is 7.50. The van der Waals surface area contributed by atoms with Crippen molar-refractivity contribution < 1.29 is 14.6 Å². The summed E-state index contributed by atoms with van der Waals surface area (Å²) in [6.45, 7) is 8.25. The Morgan fingerprint density at radius 2 is 1.92 bits per heavy atom. The van der Waals surface area contributed by atoms with Crippen LogP contribution >= 0.6 is 0 Å². The van der Waals surface area contributed by atoms with Gasteiger partial charge in [-0.25, -0.2) is 4.79 Å². The molecule has 3 nitrogen and oxygen atoms in total. The van der Waals surface area contributed by atoms with Gasteiger partial charge in [-0.1, -0.05) is 17.7 Å². The van der Waals surface area contributed by atoms with Crippen molar-refractivity contribution in [1.29, 1.82) is 0 Å². The van der Waals surface area contributed by atoms with Gasteiger partial charge in [-0.3, -0.25) is 0 Å². The summed E-state index contributed by atoms with van der Waals surface area (Å²) in [6.07, 6.45) is 0. The van der Waals surface area contributed by atoms with Crippen LogP contribution in [0.15, 0.2) is 18.2 Å². The van der Waals surface area contributed by atoms with E-state index in [4.69, 9.17) is 9.76 Å².